The Morgan fingerprint density at radius 3 is 2.65 bits per heavy atom. The number of thiocarbonyl (C=S) groups is 1. The van der Waals surface area contributed by atoms with Crippen LogP contribution in [-0.4, -0.2) is 28.4 Å². The molecule has 0 unspecified atom stereocenters. The molecule has 20 heavy (non-hydrogen) atoms. The normalized spacial score (nSPS) is 18.3. The second kappa shape index (κ2) is 5.38. The highest BCUT2D eigenvalue weighted by Crippen LogP contribution is 2.32. The number of hydrogen-bond donors (Lipinski definition) is 4. The third kappa shape index (κ3) is 2.53. The van der Waals surface area contributed by atoms with E-state index in [9.17, 15) is 15.0 Å². The maximum absolute atomic E-state index is 11.9. The van der Waals surface area contributed by atoms with Gasteiger partial charge in [0.25, 0.3) is 0 Å². The molecule has 0 fully saturated rings. The van der Waals surface area contributed by atoms with Crippen molar-refractivity contribution in [2.24, 2.45) is 0 Å². The number of esters is 1. The number of hydrogen-bond acceptors (Lipinski definition) is 5. The molecule has 4 N–H and O–H groups in total. The molecule has 0 saturated carbocycles. The summed E-state index contributed by atoms with van der Waals surface area (Å²) in [6.45, 7) is 1.71. The lowest BCUT2D eigenvalue weighted by Gasteiger charge is -2.29. The topological polar surface area (TPSA) is 90.8 Å². The molecular weight excluding hydrogens is 280 g/mol. The van der Waals surface area contributed by atoms with Crippen molar-refractivity contribution in [3.63, 3.8) is 0 Å². The molecule has 6 nitrogen and oxygen atoms in total. The third-order valence-corrected chi connectivity index (χ3v) is 3.23. The van der Waals surface area contributed by atoms with Crippen LogP contribution in [0.1, 0.15) is 18.5 Å². The Kier molecular flexibility index (Phi) is 3.80. The van der Waals surface area contributed by atoms with E-state index in [0.29, 0.717) is 21.9 Å². The zero-order valence-electron chi connectivity index (χ0n) is 10.9. The van der Waals surface area contributed by atoms with Crippen LogP contribution in [-0.2, 0) is 9.53 Å². The number of benzene rings is 1. The number of rotatable bonds is 2. The van der Waals surface area contributed by atoms with E-state index in [0.717, 1.165) is 0 Å². The SMILES string of the molecule is COC(=O)C1=C(C)NC(=S)N[C@H]1c1ccc(O)c(O)c1. The van der Waals surface area contributed by atoms with E-state index in [4.69, 9.17) is 17.0 Å². The highest BCUT2D eigenvalue weighted by Gasteiger charge is 2.30. The number of methoxy groups -OCH3 is 1. The molecular formula is C13H14N2O4S. The molecule has 0 aliphatic carbocycles. The molecule has 0 spiro atoms. The number of ether oxygens (including phenoxy) is 1. The summed E-state index contributed by atoms with van der Waals surface area (Å²) < 4.78 is 4.77. The van der Waals surface area contributed by atoms with E-state index in [2.05, 4.69) is 10.6 Å². The fraction of sp³-hybridized carbons (Fsp3) is 0.231. The van der Waals surface area contributed by atoms with Crippen LogP contribution < -0.4 is 10.6 Å². The number of phenolic OH excluding ortho intramolecular Hbond substituents is 2. The van der Waals surface area contributed by atoms with E-state index >= 15 is 0 Å². The Balaban J connectivity index is 2.50. The fourth-order valence-electron chi connectivity index (χ4n) is 2.04. The summed E-state index contributed by atoms with van der Waals surface area (Å²) in [5.74, 6) is -0.997. The Morgan fingerprint density at radius 1 is 1.35 bits per heavy atom. The van der Waals surface area contributed by atoms with Crippen molar-refractivity contribution in [2.45, 2.75) is 13.0 Å². The number of carbonyl (C=O) groups is 1. The summed E-state index contributed by atoms with van der Waals surface area (Å²) in [7, 11) is 1.29. The van der Waals surface area contributed by atoms with Crippen molar-refractivity contribution < 1.29 is 19.7 Å². The minimum Gasteiger partial charge on any atom is -0.504 e. The maximum Gasteiger partial charge on any atom is 0.337 e. The van der Waals surface area contributed by atoms with Gasteiger partial charge in [-0.2, -0.15) is 0 Å². The van der Waals surface area contributed by atoms with Crippen molar-refractivity contribution in [3.05, 3.63) is 35.0 Å². The molecule has 7 heteroatoms. The van der Waals surface area contributed by atoms with E-state index in [1.54, 1.807) is 13.0 Å². The van der Waals surface area contributed by atoms with Crippen LogP contribution in [0.2, 0.25) is 0 Å². The van der Waals surface area contributed by atoms with Crippen LogP contribution in [0.15, 0.2) is 29.5 Å². The molecule has 1 aromatic rings. The molecule has 0 aromatic heterocycles. The van der Waals surface area contributed by atoms with E-state index in [1.807, 2.05) is 0 Å². The van der Waals surface area contributed by atoms with Crippen LogP contribution in [0.3, 0.4) is 0 Å². The zero-order chi connectivity index (χ0) is 14.9. The minimum atomic E-state index is -0.553. The summed E-state index contributed by atoms with van der Waals surface area (Å²) in [6, 6.07) is 3.76. The average molecular weight is 294 g/mol. The monoisotopic (exact) mass is 294 g/mol. The summed E-state index contributed by atoms with van der Waals surface area (Å²) in [6.07, 6.45) is 0. The van der Waals surface area contributed by atoms with Gasteiger partial charge in [-0.15, -0.1) is 0 Å². The summed E-state index contributed by atoms with van der Waals surface area (Å²) in [4.78, 5) is 11.9. The molecule has 1 aliphatic rings. The number of carbonyl (C=O) groups excluding carboxylic acids is 1. The lowest BCUT2D eigenvalue weighted by molar-refractivity contribution is -0.136. The molecule has 106 valence electrons. The van der Waals surface area contributed by atoms with Gasteiger partial charge in [-0.1, -0.05) is 6.07 Å². The summed E-state index contributed by atoms with van der Waals surface area (Å²) in [5.41, 5.74) is 1.54. The van der Waals surface area contributed by atoms with Crippen molar-refractivity contribution in [1.82, 2.24) is 10.6 Å². The first-order valence-corrected chi connectivity index (χ1v) is 6.23. The van der Waals surface area contributed by atoms with Gasteiger partial charge < -0.3 is 25.6 Å². The highest BCUT2D eigenvalue weighted by molar-refractivity contribution is 7.80. The zero-order valence-corrected chi connectivity index (χ0v) is 11.7. The van der Waals surface area contributed by atoms with Crippen LogP contribution >= 0.6 is 12.2 Å². The number of aromatic hydroxyl groups is 2. The first-order chi connectivity index (χ1) is 9.43. The number of phenols is 2. The molecule has 1 atom stereocenters. The summed E-state index contributed by atoms with van der Waals surface area (Å²) in [5, 5.41) is 25.1. The Labute approximate surface area is 121 Å². The number of allylic oxidation sites excluding steroid dienone is 1. The molecule has 0 amide bonds. The van der Waals surface area contributed by atoms with Crippen LogP contribution in [0.25, 0.3) is 0 Å². The molecule has 1 aliphatic heterocycles. The van der Waals surface area contributed by atoms with E-state index in [1.165, 1.54) is 19.2 Å². The quantitative estimate of drug-likeness (QED) is 0.368. The highest BCUT2D eigenvalue weighted by atomic mass is 32.1. The molecule has 1 aromatic carbocycles. The van der Waals surface area contributed by atoms with Gasteiger partial charge >= 0.3 is 5.97 Å². The third-order valence-electron chi connectivity index (χ3n) is 3.01. The van der Waals surface area contributed by atoms with Crippen LogP contribution in [0.4, 0.5) is 0 Å². The average Bonchev–Trinajstić information content (AvgIpc) is 2.40. The molecule has 2 rings (SSSR count). The minimum absolute atomic E-state index is 0.231. The second-order valence-corrected chi connectivity index (χ2v) is 4.72. The maximum atomic E-state index is 11.9. The standard InChI is InChI=1S/C13H14N2O4S/c1-6-10(12(18)19-2)11(15-13(20)14-6)7-3-4-8(16)9(17)5-7/h3-5,11,16-17H,1-2H3,(H2,14,15,20)/t11-/m0/s1. The smallest absolute Gasteiger partial charge is 0.337 e. The van der Waals surface area contributed by atoms with Gasteiger partial charge in [0.15, 0.2) is 16.6 Å². The van der Waals surface area contributed by atoms with Gasteiger partial charge in [0.05, 0.1) is 18.7 Å². The first kappa shape index (κ1) is 14.1. The Morgan fingerprint density at radius 2 is 2.05 bits per heavy atom. The fourth-order valence-corrected chi connectivity index (χ4v) is 2.32. The lowest BCUT2D eigenvalue weighted by atomic mass is 9.95. The van der Waals surface area contributed by atoms with Crippen molar-refractivity contribution >= 4 is 23.3 Å². The van der Waals surface area contributed by atoms with E-state index < -0.39 is 12.0 Å². The predicted octanol–water partition coefficient (Wildman–Crippen LogP) is 1.06. The molecule has 0 radical (unpaired) electrons. The van der Waals surface area contributed by atoms with Crippen molar-refractivity contribution in [1.29, 1.82) is 0 Å². The first-order valence-electron chi connectivity index (χ1n) is 5.82. The van der Waals surface area contributed by atoms with Gasteiger partial charge in [0, 0.05) is 5.70 Å². The second-order valence-electron chi connectivity index (χ2n) is 4.31. The molecule has 0 saturated heterocycles. The lowest BCUT2D eigenvalue weighted by Crippen LogP contribution is -2.45. The van der Waals surface area contributed by atoms with Crippen molar-refractivity contribution in [3.8, 4) is 11.5 Å². The molecule has 0 bridgehead atoms. The van der Waals surface area contributed by atoms with E-state index in [-0.39, 0.29) is 11.5 Å². The summed E-state index contributed by atoms with van der Waals surface area (Å²) >= 11 is 5.07. The van der Waals surface area contributed by atoms with Crippen LogP contribution in [0, 0.1) is 0 Å². The Hall–Kier alpha value is -2.28. The van der Waals surface area contributed by atoms with Gasteiger partial charge in [-0.3, -0.25) is 0 Å². The van der Waals surface area contributed by atoms with Crippen LogP contribution in [0.5, 0.6) is 11.5 Å². The number of nitrogens with one attached hydrogen (secondary N) is 2. The van der Waals surface area contributed by atoms with Gasteiger partial charge in [0.1, 0.15) is 0 Å². The molecule has 1 heterocycles. The Bertz CT molecular complexity index is 612. The van der Waals surface area contributed by atoms with Gasteiger partial charge in [-0.25, -0.2) is 4.79 Å². The predicted molar refractivity (Wildman–Crippen MR) is 76.1 cm³/mol. The largest absolute Gasteiger partial charge is 0.504 e. The van der Waals surface area contributed by atoms with Gasteiger partial charge in [0.2, 0.25) is 0 Å². The van der Waals surface area contributed by atoms with Gasteiger partial charge in [-0.05, 0) is 36.8 Å². The van der Waals surface area contributed by atoms with Crippen molar-refractivity contribution in [2.75, 3.05) is 7.11 Å².